The Morgan fingerprint density at radius 1 is 1.33 bits per heavy atom. The highest BCUT2D eigenvalue weighted by Gasteiger charge is 2.17. The molecule has 1 heterocycles. The lowest BCUT2D eigenvalue weighted by Crippen LogP contribution is -2.11. The Hall–Kier alpha value is -2.87. The fraction of sp³-hybridized carbons (Fsp3) is 0. The minimum atomic E-state index is -1.24. The molecule has 0 aliphatic carbocycles. The van der Waals surface area contributed by atoms with Crippen molar-refractivity contribution in [2.24, 2.45) is 0 Å². The molecular weight excluding hydrogens is 304 g/mol. The molecule has 2 rings (SSSR count). The average Bonchev–Trinajstić information content (AvgIpc) is 2.90. The molecule has 8 nitrogen and oxygen atoms in total. The van der Waals surface area contributed by atoms with Crippen LogP contribution in [0.2, 0.25) is 5.02 Å². The Balaban J connectivity index is 2.24. The van der Waals surface area contributed by atoms with Gasteiger partial charge in [-0.1, -0.05) is 11.6 Å². The molecule has 2 N–H and O–H groups in total. The summed E-state index contributed by atoms with van der Waals surface area (Å²) in [6, 6.07) is 4.57. The minimum Gasteiger partial charge on any atom is -0.478 e. The van der Waals surface area contributed by atoms with Gasteiger partial charge in [0.05, 0.1) is 21.2 Å². The van der Waals surface area contributed by atoms with E-state index < -0.39 is 16.8 Å². The fourth-order valence-electron chi connectivity index (χ4n) is 1.47. The van der Waals surface area contributed by atoms with Crippen LogP contribution in [0.4, 0.5) is 11.4 Å². The number of carbonyl (C=O) groups excluding carboxylic acids is 1. The molecule has 0 unspecified atom stereocenters. The van der Waals surface area contributed by atoms with Crippen molar-refractivity contribution >= 4 is 34.9 Å². The maximum absolute atomic E-state index is 11.9. The molecule has 0 fully saturated rings. The molecule has 0 aliphatic rings. The van der Waals surface area contributed by atoms with Gasteiger partial charge in [-0.15, -0.1) is 0 Å². The predicted octanol–water partition coefficient (Wildman–Crippen LogP) is 2.79. The van der Waals surface area contributed by atoms with Crippen LogP contribution in [0.5, 0.6) is 0 Å². The lowest BCUT2D eigenvalue weighted by Gasteiger charge is -2.05. The summed E-state index contributed by atoms with van der Waals surface area (Å²) < 4.78 is 4.81. The van der Waals surface area contributed by atoms with Gasteiger partial charge in [0.2, 0.25) is 0 Å². The van der Waals surface area contributed by atoms with Crippen molar-refractivity contribution in [1.29, 1.82) is 0 Å². The molecule has 1 amide bonds. The van der Waals surface area contributed by atoms with Crippen molar-refractivity contribution in [3.8, 4) is 0 Å². The van der Waals surface area contributed by atoms with E-state index >= 15 is 0 Å². The number of hydrogen-bond donors (Lipinski definition) is 2. The number of nitrogens with zero attached hydrogens (tertiary/aromatic N) is 1. The zero-order valence-electron chi connectivity index (χ0n) is 10.2. The molecule has 0 saturated carbocycles. The quantitative estimate of drug-likeness (QED) is 0.661. The minimum absolute atomic E-state index is 0.0177. The largest absolute Gasteiger partial charge is 0.478 e. The number of furan rings is 1. The van der Waals surface area contributed by atoms with Gasteiger partial charge >= 0.3 is 5.97 Å². The van der Waals surface area contributed by atoms with Gasteiger partial charge < -0.3 is 14.8 Å². The monoisotopic (exact) mass is 310 g/mol. The van der Waals surface area contributed by atoms with Gasteiger partial charge in [-0.25, -0.2) is 4.79 Å². The van der Waals surface area contributed by atoms with Crippen LogP contribution >= 0.6 is 11.6 Å². The molecule has 0 saturated heterocycles. The molecule has 1 aromatic carbocycles. The van der Waals surface area contributed by atoms with Gasteiger partial charge in [0.1, 0.15) is 6.26 Å². The van der Waals surface area contributed by atoms with Crippen molar-refractivity contribution in [2.45, 2.75) is 0 Å². The first kappa shape index (κ1) is 14.5. The van der Waals surface area contributed by atoms with Crippen molar-refractivity contribution < 1.29 is 24.0 Å². The number of rotatable bonds is 4. The van der Waals surface area contributed by atoms with Gasteiger partial charge in [-0.3, -0.25) is 14.9 Å². The molecule has 0 atom stereocenters. The molecule has 108 valence electrons. The van der Waals surface area contributed by atoms with Crippen molar-refractivity contribution in [2.75, 3.05) is 5.32 Å². The highest BCUT2D eigenvalue weighted by molar-refractivity contribution is 6.34. The lowest BCUT2D eigenvalue weighted by atomic mass is 10.2. The molecule has 0 radical (unpaired) electrons. The number of nitrogens with one attached hydrogen (secondary N) is 1. The number of carboxylic acid groups (broad SMARTS) is 1. The Bertz CT molecular complexity index is 739. The Kier molecular flexibility index (Phi) is 3.90. The normalized spacial score (nSPS) is 10.1. The molecule has 0 aliphatic heterocycles. The number of benzene rings is 1. The van der Waals surface area contributed by atoms with Crippen LogP contribution in [-0.4, -0.2) is 21.9 Å². The number of nitro benzene ring substituents is 1. The van der Waals surface area contributed by atoms with Crippen LogP contribution in [0.15, 0.2) is 34.9 Å². The van der Waals surface area contributed by atoms with Crippen molar-refractivity contribution in [3.63, 3.8) is 0 Å². The van der Waals surface area contributed by atoms with Crippen LogP contribution in [0.1, 0.15) is 20.9 Å². The summed E-state index contributed by atoms with van der Waals surface area (Å²) in [5.74, 6) is -2.27. The third kappa shape index (κ3) is 3.18. The van der Waals surface area contributed by atoms with Crippen LogP contribution < -0.4 is 5.32 Å². The highest BCUT2D eigenvalue weighted by Crippen LogP contribution is 2.27. The van der Waals surface area contributed by atoms with Gasteiger partial charge in [0, 0.05) is 18.2 Å². The lowest BCUT2D eigenvalue weighted by molar-refractivity contribution is -0.384. The second-order valence-corrected chi connectivity index (χ2v) is 4.29. The second-order valence-electron chi connectivity index (χ2n) is 3.88. The maximum Gasteiger partial charge on any atom is 0.338 e. The number of aromatic carboxylic acids is 1. The van der Waals surface area contributed by atoms with E-state index in [-0.39, 0.29) is 27.7 Å². The zero-order chi connectivity index (χ0) is 15.6. The number of non-ortho nitro benzene ring substituents is 1. The van der Waals surface area contributed by atoms with E-state index in [2.05, 4.69) is 5.32 Å². The van der Waals surface area contributed by atoms with E-state index in [0.29, 0.717) is 0 Å². The van der Waals surface area contributed by atoms with Crippen molar-refractivity contribution in [1.82, 2.24) is 0 Å². The standard InChI is InChI=1S/C12H7ClN2O6/c13-8-2-1-7(15(19)20)4-9(8)14-11(16)10-3-6(5-21-10)12(17)18/h1-5H,(H,14,16)(H,17,18). The van der Waals surface area contributed by atoms with Crippen LogP contribution in [0, 0.1) is 10.1 Å². The molecule has 21 heavy (non-hydrogen) atoms. The van der Waals surface area contributed by atoms with Crippen molar-refractivity contribution in [3.05, 3.63) is 57.0 Å². The van der Waals surface area contributed by atoms with Crippen LogP contribution in [0.3, 0.4) is 0 Å². The maximum atomic E-state index is 11.9. The first-order valence-electron chi connectivity index (χ1n) is 5.45. The van der Waals surface area contributed by atoms with E-state index in [1.807, 2.05) is 0 Å². The van der Waals surface area contributed by atoms with Gasteiger partial charge in [0.15, 0.2) is 5.76 Å². The number of amides is 1. The summed E-state index contributed by atoms with van der Waals surface area (Å²) in [6.45, 7) is 0. The van der Waals surface area contributed by atoms with E-state index in [1.54, 1.807) is 0 Å². The van der Waals surface area contributed by atoms with Gasteiger partial charge in [-0.2, -0.15) is 0 Å². The molecule has 2 aromatic rings. The zero-order valence-corrected chi connectivity index (χ0v) is 11.0. The number of halogens is 1. The molecule has 1 aromatic heterocycles. The van der Waals surface area contributed by atoms with Crippen LogP contribution in [-0.2, 0) is 0 Å². The Morgan fingerprint density at radius 3 is 2.62 bits per heavy atom. The van der Waals surface area contributed by atoms with E-state index in [4.69, 9.17) is 21.1 Å². The summed E-state index contributed by atoms with van der Waals surface area (Å²) in [5, 5.41) is 21.8. The number of carbonyl (C=O) groups is 2. The smallest absolute Gasteiger partial charge is 0.338 e. The van der Waals surface area contributed by atoms with E-state index in [1.165, 1.54) is 12.1 Å². The molecule has 0 bridgehead atoms. The summed E-state index contributed by atoms with van der Waals surface area (Å²) in [5.41, 5.74) is -0.421. The summed E-state index contributed by atoms with van der Waals surface area (Å²) in [6.07, 6.45) is 0.909. The summed E-state index contributed by atoms with van der Waals surface area (Å²) >= 11 is 5.83. The Morgan fingerprint density at radius 2 is 2.05 bits per heavy atom. The fourth-order valence-corrected chi connectivity index (χ4v) is 1.64. The molecular formula is C12H7ClN2O6. The van der Waals surface area contributed by atoms with Gasteiger partial charge in [0.25, 0.3) is 11.6 Å². The second kappa shape index (κ2) is 5.63. The third-order valence-electron chi connectivity index (χ3n) is 2.48. The first-order valence-corrected chi connectivity index (χ1v) is 5.83. The summed E-state index contributed by atoms with van der Waals surface area (Å²) in [4.78, 5) is 32.6. The van der Waals surface area contributed by atoms with E-state index in [0.717, 1.165) is 18.4 Å². The number of hydrogen-bond acceptors (Lipinski definition) is 5. The Labute approximate surface area is 122 Å². The third-order valence-corrected chi connectivity index (χ3v) is 2.81. The number of nitro groups is 1. The van der Waals surface area contributed by atoms with Crippen LogP contribution in [0.25, 0.3) is 0 Å². The first-order chi connectivity index (χ1) is 9.88. The highest BCUT2D eigenvalue weighted by atomic mass is 35.5. The molecule has 0 spiro atoms. The number of carboxylic acids is 1. The molecule has 9 heteroatoms. The topological polar surface area (TPSA) is 123 Å². The van der Waals surface area contributed by atoms with E-state index in [9.17, 15) is 19.7 Å². The SMILES string of the molecule is O=C(O)c1coc(C(=O)Nc2cc([N+](=O)[O-])ccc2Cl)c1. The predicted molar refractivity (Wildman–Crippen MR) is 71.7 cm³/mol. The average molecular weight is 311 g/mol. The number of anilines is 1. The van der Waals surface area contributed by atoms with Gasteiger partial charge in [-0.05, 0) is 6.07 Å². The summed E-state index contributed by atoms with van der Waals surface area (Å²) in [7, 11) is 0.